The second kappa shape index (κ2) is 5.32. The summed E-state index contributed by atoms with van der Waals surface area (Å²) in [5.74, 6) is 0. The van der Waals surface area contributed by atoms with E-state index in [1.54, 1.807) is 7.11 Å². The van der Waals surface area contributed by atoms with Crippen LogP contribution in [0.15, 0.2) is 61.2 Å². The second-order valence-corrected chi connectivity index (χ2v) is 3.73. The van der Waals surface area contributed by atoms with Crippen molar-refractivity contribution in [2.75, 3.05) is 7.11 Å². The van der Waals surface area contributed by atoms with Gasteiger partial charge in [0, 0.05) is 0 Å². The van der Waals surface area contributed by atoms with Crippen LogP contribution < -0.4 is 5.48 Å². The number of hydroxylamine groups is 1. The Hall–Kier alpha value is -2.06. The van der Waals surface area contributed by atoms with Gasteiger partial charge in [-0.15, -0.1) is 0 Å². The first kappa shape index (κ1) is 11.4. The lowest BCUT2D eigenvalue weighted by Crippen LogP contribution is -2.08. The fourth-order valence-corrected chi connectivity index (χ4v) is 1.68. The molecule has 0 aliphatic rings. The number of hydrogen-bond donors (Lipinski definition) is 1. The molecule has 2 nitrogen and oxygen atoms in total. The number of rotatable bonds is 4. The molecule has 0 amide bonds. The van der Waals surface area contributed by atoms with Crippen molar-refractivity contribution in [3.63, 3.8) is 0 Å². The Morgan fingerprint density at radius 1 is 0.941 bits per heavy atom. The third kappa shape index (κ3) is 2.74. The van der Waals surface area contributed by atoms with E-state index in [0.717, 1.165) is 11.3 Å². The van der Waals surface area contributed by atoms with Gasteiger partial charge in [0.2, 0.25) is 0 Å². The highest BCUT2D eigenvalue weighted by Crippen LogP contribution is 2.20. The fraction of sp³-hybridized carbons (Fsp3) is 0.0667. The molecule has 0 radical (unpaired) electrons. The van der Waals surface area contributed by atoms with Crippen molar-refractivity contribution < 1.29 is 4.84 Å². The molecule has 0 aromatic heterocycles. The van der Waals surface area contributed by atoms with Crippen LogP contribution in [0, 0.1) is 0 Å². The predicted octanol–water partition coefficient (Wildman–Crippen LogP) is 3.48. The highest BCUT2D eigenvalue weighted by molar-refractivity contribution is 5.68. The summed E-state index contributed by atoms with van der Waals surface area (Å²) < 4.78 is 0. The van der Waals surface area contributed by atoms with Crippen LogP contribution >= 0.6 is 0 Å². The molecule has 17 heavy (non-hydrogen) atoms. The van der Waals surface area contributed by atoms with E-state index in [1.165, 1.54) is 11.1 Å². The lowest BCUT2D eigenvalue weighted by atomic mass is 10.0. The van der Waals surface area contributed by atoms with Gasteiger partial charge in [0.15, 0.2) is 0 Å². The normalized spacial score (nSPS) is 9.94. The first-order valence-corrected chi connectivity index (χ1v) is 5.45. The maximum Gasteiger partial charge on any atom is 0.0636 e. The molecule has 2 aromatic carbocycles. The van der Waals surface area contributed by atoms with Crippen LogP contribution in [-0.2, 0) is 4.84 Å². The van der Waals surface area contributed by atoms with E-state index in [9.17, 15) is 0 Å². The van der Waals surface area contributed by atoms with Crippen molar-refractivity contribution >= 4 is 5.70 Å². The predicted molar refractivity (Wildman–Crippen MR) is 71.1 cm³/mol. The van der Waals surface area contributed by atoms with E-state index in [2.05, 4.69) is 36.3 Å². The van der Waals surface area contributed by atoms with Crippen LogP contribution in [0.25, 0.3) is 16.8 Å². The number of nitrogens with one attached hydrogen (secondary N) is 1. The molecule has 1 N–H and O–H groups in total. The average molecular weight is 225 g/mol. The Morgan fingerprint density at radius 3 is 2.12 bits per heavy atom. The van der Waals surface area contributed by atoms with Crippen LogP contribution in [0.4, 0.5) is 0 Å². The first-order valence-electron chi connectivity index (χ1n) is 5.45. The minimum absolute atomic E-state index is 0.757. The summed E-state index contributed by atoms with van der Waals surface area (Å²) in [4.78, 5) is 4.82. The van der Waals surface area contributed by atoms with Gasteiger partial charge in [-0.1, -0.05) is 61.2 Å². The van der Waals surface area contributed by atoms with Crippen molar-refractivity contribution in [2.45, 2.75) is 0 Å². The summed E-state index contributed by atoms with van der Waals surface area (Å²) >= 11 is 0. The Labute approximate surface area is 102 Å². The molecule has 86 valence electrons. The molecule has 0 bridgehead atoms. The molecule has 0 atom stereocenters. The largest absolute Gasteiger partial charge is 0.279 e. The third-order valence-corrected chi connectivity index (χ3v) is 2.57. The summed E-state index contributed by atoms with van der Waals surface area (Å²) in [5.41, 5.74) is 6.91. The Balaban J connectivity index is 2.22. The summed E-state index contributed by atoms with van der Waals surface area (Å²) in [6.45, 7) is 3.88. The van der Waals surface area contributed by atoms with E-state index in [1.807, 2.05) is 30.3 Å². The fourth-order valence-electron chi connectivity index (χ4n) is 1.68. The Bertz CT molecular complexity index is 488. The molecular weight excluding hydrogens is 210 g/mol. The van der Waals surface area contributed by atoms with E-state index in [4.69, 9.17) is 4.84 Å². The molecule has 0 spiro atoms. The zero-order chi connectivity index (χ0) is 12.1. The molecule has 0 saturated carbocycles. The van der Waals surface area contributed by atoms with Gasteiger partial charge in [0.25, 0.3) is 0 Å². The smallest absolute Gasteiger partial charge is 0.0636 e. The Morgan fingerprint density at radius 2 is 1.53 bits per heavy atom. The highest BCUT2D eigenvalue weighted by atomic mass is 16.6. The monoisotopic (exact) mass is 225 g/mol. The lowest BCUT2D eigenvalue weighted by molar-refractivity contribution is 0.137. The van der Waals surface area contributed by atoms with Gasteiger partial charge in [-0.3, -0.25) is 10.3 Å². The first-order chi connectivity index (χ1) is 8.31. The van der Waals surface area contributed by atoms with E-state index in [0.29, 0.717) is 0 Å². The Kier molecular flexibility index (Phi) is 3.58. The maximum absolute atomic E-state index is 4.82. The van der Waals surface area contributed by atoms with Crippen molar-refractivity contribution in [3.05, 3.63) is 66.7 Å². The van der Waals surface area contributed by atoms with E-state index >= 15 is 0 Å². The third-order valence-electron chi connectivity index (χ3n) is 2.57. The van der Waals surface area contributed by atoms with Gasteiger partial charge in [0.05, 0.1) is 12.8 Å². The molecule has 0 unspecified atom stereocenters. The molecule has 2 heteroatoms. The average Bonchev–Trinajstić information content (AvgIpc) is 2.40. The van der Waals surface area contributed by atoms with Gasteiger partial charge in [0.1, 0.15) is 0 Å². The minimum atomic E-state index is 0.757. The number of benzene rings is 2. The molecule has 0 aliphatic carbocycles. The highest BCUT2D eigenvalue weighted by Gasteiger charge is 1.99. The summed E-state index contributed by atoms with van der Waals surface area (Å²) in [5, 5.41) is 0. The summed E-state index contributed by atoms with van der Waals surface area (Å²) in [6, 6.07) is 18.5. The SMILES string of the molecule is C=C(NOC)c1ccc(-c2ccccc2)cc1. The standard InChI is InChI=1S/C15H15NO/c1-12(16-17-2)13-8-10-15(11-9-13)14-6-4-3-5-7-14/h3-11,16H,1H2,2H3. The van der Waals surface area contributed by atoms with Gasteiger partial charge < -0.3 is 0 Å². The van der Waals surface area contributed by atoms with Crippen molar-refractivity contribution in [3.8, 4) is 11.1 Å². The van der Waals surface area contributed by atoms with Gasteiger partial charge in [-0.05, 0) is 16.7 Å². The summed E-state index contributed by atoms with van der Waals surface area (Å²) in [7, 11) is 1.57. The van der Waals surface area contributed by atoms with Gasteiger partial charge >= 0.3 is 0 Å². The van der Waals surface area contributed by atoms with Crippen molar-refractivity contribution in [1.29, 1.82) is 0 Å². The maximum atomic E-state index is 4.82. The van der Waals surface area contributed by atoms with Crippen LogP contribution in [-0.4, -0.2) is 7.11 Å². The molecule has 0 fully saturated rings. The topological polar surface area (TPSA) is 21.3 Å². The summed E-state index contributed by atoms with van der Waals surface area (Å²) in [6.07, 6.45) is 0. The van der Waals surface area contributed by atoms with E-state index < -0.39 is 0 Å². The van der Waals surface area contributed by atoms with Crippen molar-refractivity contribution in [2.24, 2.45) is 0 Å². The number of hydrogen-bond acceptors (Lipinski definition) is 2. The molecule has 2 aromatic rings. The zero-order valence-corrected chi connectivity index (χ0v) is 9.81. The van der Waals surface area contributed by atoms with Crippen LogP contribution in [0.1, 0.15) is 5.56 Å². The lowest BCUT2D eigenvalue weighted by Gasteiger charge is -2.08. The molecular formula is C15H15NO. The van der Waals surface area contributed by atoms with Crippen LogP contribution in [0.3, 0.4) is 0 Å². The van der Waals surface area contributed by atoms with Gasteiger partial charge in [-0.2, -0.15) is 0 Å². The molecule has 0 aliphatic heterocycles. The minimum Gasteiger partial charge on any atom is -0.279 e. The second-order valence-electron chi connectivity index (χ2n) is 3.73. The van der Waals surface area contributed by atoms with E-state index in [-0.39, 0.29) is 0 Å². The molecule has 2 rings (SSSR count). The molecule has 0 saturated heterocycles. The zero-order valence-electron chi connectivity index (χ0n) is 9.81. The van der Waals surface area contributed by atoms with Gasteiger partial charge in [-0.25, -0.2) is 0 Å². The van der Waals surface area contributed by atoms with Crippen LogP contribution in [0.5, 0.6) is 0 Å². The van der Waals surface area contributed by atoms with Crippen molar-refractivity contribution in [1.82, 2.24) is 5.48 Å². The molecule has 0 heterocycles. The van der Waals surface area contributed by atoms with Crippen LogP contribution in [0.2, 0.25) is 0 Å². The quantitative estimate of drug-likeness (QED) is 0.804.